The minimum absolute atomic E-state index is 0.788. The molecule has 0 fully saturated rings. The molecule has 0 aliphatic heterocycles. The molecule has 2 heterocycles. The van der Waals surface area contributed by atoms with Crippen LogP contribution < -0.4 is 4.74 Å². The lowest BCUT2D eigenvalue weighted by Crippen LogP contribution is -2.07. The first kappa shape index (κ1) is 17.2. The molecule has 0 amide bonds. The highest BCUT2D eigenvalue weighted by Gasteiger charge is 2.14. The van der Waals surface area contributed by atoms with Crippen molar-refractivity contribution in [1.82, 2.24) is 20.0 Å². The van der Waals surface area contributed by atoms with Gasteiger partial charge < -0.3 is 4.74 Å². The van der Waals surface area contributed by atoms with E-state index in [2.05, 4.69) is 41.5 Å². The first-order chi connectivity index (χ1) is 13.3. The Morgan fingerprint density at radius 1 is 0.963 bits per heavy atom. The Balaban J connectivity index is 1.58. The monoisotopic (exact) mass is 358 g/mol. The van der Waals surface area contributed by atoms with E-state index in [0.717, 1.165) is 53.1 Å². The Kier molecular flexibility index (Phi) is 4.83. The van der Waals surface area contributed by atoms with Crippen molar-refractivity contribution in [3.05, 3.63) is 71.9 Å². The van der Waals surface area contributed by atoms with E-state index in [-0.39, 0.29) is 0 Å². The number of ether oxygens (including phenoxy) is 1. The minimum atomic E-state index is 0.788. The third-order valence-electron chi connectivity index (χ3n) is 4.78. The number of benzene rings is 2. The number of pyridine rings is 1. The predicted molar refractivity (Wildman–Crippen MR) is 107 cm³/mol. The summed E-state index contributed by atoms with van der Waals surface area (Å²) < 4.78 is 7.21. The van der Waals surface area contributed by atoms with Gasteiger partial charge in [0.05, 0.1) is 24.0 Å². The molecule has 0 saturated carbocycles. The van der Waals surface area contributed by atoms with Crippen molar-refractivity contribution < 1.29 is 4.74 Å². The average molecular weight is 358 g/mol. The second-order valence-electron chi connectivity index (χ2n) is 6.45. The number of aromatic nitrogens is 4. The van der Waals surface area contributed by atoms with Gasteiger partial charge >= 0.3 is 0 Å². The van der Waals surface area contributed by atoms with Gasteiger partial charge in [0, 0.05) is 11.9 Å². The van der Waals surface area contributed by atoms with Crippen LogP contribution in [0.5, 0.6) is 5.75 Å². The summed E-state index contributed by atoms with van der Waals surface area (Å²) in [7, 11) is 1.68. The van der Waals surface area contributed by atoms with Crippen molar-refractivity contribution in [2.24, 2.45) is 0 Å². The van der Waals surface area contributed by atoms with Gasteiger partial charge in [0.2, 0.25) is 0 Å². The van der Waals surface area contributed by atoms with Gasteiger partial charge in [-0.1, -0.05) is 48.5 Å². The van der Waals surface area contributed by atoms with E-state index in [1.807, 2.05) is 41.1 Å². The van der Waals surface area contributed by atoms with Crippen LogP contribution in [0.2, 0.25) is 0 Å². The molecule has 0 atom stereocenters. The molecule has 5 heteroatoms. The van der Waals surface area contributed by atoms with Crippen molar-refractivity contribution in [2.45, 2.75) is 26.3 Å². The number of hydrogen-bond donors (Lipinski definition) is 0. The Morgan fingerprint density at radius 3 is 2.56 bits per heavy atom. The Labute approximate surface area is 158 Å². The Hall–Kier alpha value is -3.21. The number of aryl methyl sites for hydroxylation is 2. The zero-order valence-electron chi connectivity index (χ0n) is 15.6. The van der Waals surface area contributed by atoms with Crippen molar-refractivity contribution in [1.29, 1.82) is 0 Å². The van der Waals surface area contributed by atoms with Crippen molar-refractivity contribution in [3.63, 3.8) is 0 Å². The quantitative estimate of drug-likeness (QED) is 0.515. The maximum atomic E-state index is 5.22. The summed E-state index contributed by atoms with van der Waals surface area (Å²) in [6.45, 7) is 2.92. The molecule has 0 aliphatic rings. The van der Waals surface area contributed by atoms with Gasteiger partial charge in [0.25, 0.3) is 0 Å². The van der Waals surface area contributed by atoms with E-state index in [1.165, 1.54) is 5.56 Å². The molecule has 0 saturated heterocycles. The number of rotatable bonds is 6. The van der Waals surface area contributed by atoms with E-state index in [1.54, 1.807) is 7.11 Å². The van der Waals surface area contributed by atoms with E-state index < -0.39 is 0 Å². The normalized spacial score (nSPS) is 11.0. The summed E-state index contributed by atoms with van der Waals surface area (Å²) in [6, 6.07) is 20.4. The number of hydrogen-bond acceptors (Lipinski definition) is 4. The third-order valence-corrected chi connectivity index (χ3v) is 4.78. The number of nitrogens with zero attached hydrogens (tertiary/aromatic N) is 4. The van der Waals surface area contributed by atoms with Gasteiger partial charge in [0.15, 0.2) is 0 Å². The standard InChI is InChI=1S/C22H22N4O/c1-3-21-22(20-13-10-17-6-4-5-7-19(17)23-20)24-25-26(21)15-14-16-8-11-18(27-2)12-9-16/h4-13H,3,14-15H2,1-2H3. The largest absolute Gasteiger partial charge is 0.497 e. The molecular weight excluding hydrogens is 336 g/mol. The molecular formula is C22H22N4O. The van der Waals surface area contributed by atoms with Crippen LogP contribution in [-0.2, 0) is 19.4 Å². The smallest absolute Gasteiger partial charge is 0.134 e. The Morgan fingerprint density at radius 2 is 1.78 bits per heavy atom. The molecule has 5 nitrogen and oxygen atoms in total. The van der Waals surface area contributed by atoms with Crippen LogP contribution in [0.4, 0.5) is 0 Å². The fourth-order valence-corrected chi connectivity index (χ4v) is 3.29. The molecule has 0 unspecified atom stereocenters. The number of para-hydroxylation sites is 1. The lowest BCUT2D eigenvalue weighted by molar-refractivity contribution is 0.414. The summed E-state index contributed by atoms with van der Waals surface area (Å²) in [6.07, 6.45) is 1.75. The molecule has 0 aliphatic carbocycles. The summed E-state index contributed by atoms with van der Waals surface area (Å²) >= 11 is 0. The summed E-state index contributed by atoms with van der Waals surface area (Å²) in [5.41, 5.74) is 5.09. The van der Waals surface area contributed by atoms with Crippen LogP contribution >= 0.6 is 0 Å². The molecule has 2 aromatic heterocycles. The lowest BCUT2D eigenvalue weighted by Gasteiger charge is -2.07. The highest BCUT2D eigenvalue weighted by Crippen LogP contribution is 2.23. The predicted octanol–water partition coefficient (Wildman–Crippen LogP) is 4.31. The van der Waals surface area contributed by atoms with E-state index in [0.29, 0.717) is 0 Å². The number of fused-ring (bicyclic) bond motifs is 1. The SMILES string of the molecule is CCc1c(-c2ccc3ccccc3n2)nnn1CCc1ccc(OC)cc1. The molecule has 4 aromatic rings. The summed E-state index contributed by atoms with van der Waals surface area (Å²) in [5.74, 6) is 0.874. The zero-order chi connectivity index (χ0) is 18.6. The first-order valence-electron chi connectivity index (χ1n) is 9.20. The fourth-order valence-electron chi connectivity index (χ4n) is 3.29. The topological polar surface area (TPSA) is 52.8 Å². The summed E-state index contributed by atoms with van der Waals surface area (Å²) in [5, 5.41) is 9.96. The van der Waals surface area contributed by atoms with Gasteiger partial charge in [0.1, 0.15) is 11.4 Å². The third kappa shape index (κ3) is 3.53. The maximum Gasteiger partial charge on any atom is 0.134 e. The molecule has 0 N–H and O–H groups in total. The fraction of sp³-hybridized carbons (Fsp3) is 0.227. The van der Waals surface area contributed by atoms with E-state index >= 15 is 0 Å². The highest BCUT2D eigenvalue weighted by molar-refractivity contribution is 5.81. The molecule has 4 rings (SSSR count). The van der Waals surface area contributed by atoms with Crippen LogP contribution in [0.3, 0.4) is 0 Å². The summed E-state index contributed by atoms with van der Waals surface area (Å²) in [4.78, 5) is 4.78. The van der Waals surface area contributed by atoms with Crippen LogP contribution in [-0.4, -0.2) is 27.1 Å². The van der Waals surface area contributed by atoms with Gasteiger partial charge in [-0.3, -0.25) is 0 Å². The second kappa shape index (κ2) is 7.58. The molecule has 0 radical (unpaired) electrons. The highest BCUT2D eigenvalue weighted by atomic mass is 16.5. The minimum Gasteiger partial charge on any atom is -0.497 e. The Bertz CT molecular complexity index is 1050. The van der Waals surface area contributed by atoms with Gasteiger partial charge in [-0.2, -0.15) is 0 Å². The second-order valence-corrected chi connectivity index (χ2v) is 6.45. The van der Waals surface area contributed by atoms with E-state index in [4.69, 9.17) is 9.72 Å². The number of methoxy groups -OCH3 is 1. The van der Waals surface area contributed by atoms with Crippen molar-refractivity contribution in [2.75, 3.05) is 7.11 Å². The van der Waals surface area contributed by atoms with E-state index in [9.17, 15) is 0 Å². The van der Waals surface area contributed by atoms with Crippen molar-refractivity contribution in [3.8, 4) is 17.1 Å². The zero-order valence-corrected chi connectivity index (χ0v) is 15.6. The molecule has 0 bridgehead atoms. The van der Waals surface area contributed by atoms with Crippen LogP contribution in [0.1, 0.15) is 18.2 Å². The van der Waals surface area contributed by atoms with Gasteiger partial charge in [-0.25, -0.2) is 9.67 Å². The molecule has 136 valence electrons. The average Bonchev–Trinajstić information content (AvgIpc) is 3.15. The van der Waals surface area contributed by atoms with Crippen molar-refractivity contribution >= 4 is 10.9 Å². The van der Waals surface area contributed by atoms with Gasteiger partial charge in [-0.05, 0) is 42.7 Å². The first-order valence-corrected chi connectivity index (χ1v) is 9.20. The molecule has 27 heavy (non-hydrogen) atoms. The van der Waals surface area contributed by atoms with Crippen LogP contribution in [0.25, 0.3) is 22.3 Å². The maximum absolute atomic E-state index is 5.22. The molecule has 2 aromatic carbocycles. The van der Waals surface area contributed by atoms with Crippen LogP contribution in [0.15, 0.2) is 60.7 Å². The van der Waals surface area contributed by atoms with Crippen LogP contribution in [0, 0.1) is 0 Å². The van der Waals surface area contributed by atoms with Gasteiger partial charge in [-0.15, -0.1) is 5.10 Å². The molecule has 0 spiro atoms. The lowest BCUT2D eigenvalue weighted by atomic mass is 10.1.